The van der Waals surface area contributed by atoms with Gasteiger partial charge in [-0.1, -0.05) is 0 Å². The van der Waals surface area contributed by atoms with E-state index >= 15 is 0 Å². The van der Waals surface area contributed by atoms with Gasteiger partial charge in [0.25, 0.3) is 5.91 Å². The molecule has 0 aliphatic carbocycles. The largest absolute Gasteiger partial charge is 0.351 e. The summed E-state index contributed by atoms with van der Waals surface area (Å²) in [6.07, 6.45) is 3.50. The summed E-state index contributed by atoms with van der Waals surface area (Å²) in [4.78, 5) is 14.0. The summed E-state index contributed by atoms with van der Waals surface area (Å²) in [5.74, 6) is -0.164. The molecule has 0 atom stereocenters. The summed E-state index contributed by atoms with van der Waals surface area (Å²) in [6, 6.07) is 7.90. The number of carbonyl (C=O) groups excluding carboxylic acids is 1. The van der Waals surface area contributed by atoms with Crippen LogP contribution in [0.5, 0.6) is 0 Å². The third kappa shape index (κ3) is 2.60. The molecule has 0 unspecified atom stereocenters. The third-order valence-corrected chi connectivity index (χ3v) is 5.49. The van der Waals surface area contributed by atoms with Crippen LogP contribution in [-0.2, 0) is 7.05 Å². The van der Waals surface area contributed by atoms with Crippen molar-refractivity contribution in [2.45, 2.75) is 13.8 Å². The van der Waals surface area contributed by atoms with Crippen molar-refractivity contribution in [2.24, 2.45) is 7.05 Å². The van der Waals surface area contributed by atoms with Crippen LogP contribution in [0, 0.1) is 13.8 Å². The lowest BCUT2D eigenvalue weighted by atomic mass is 10.1. The van der Waals surface area contributed by atoms with E-state index in [1.165, 1.54) is 22.3 Å². The van der Waals surface area contributed by atoms with E-state index in [2.05, 4.69) is 20.8 Å². The van der Waals surface area contributed by atoms with Crippen molar-refractivity contribution < 1.29 is 4.79 Å². The molecular formula is C17H16N6OS. The van der Waals surface area contributed by atoms with Gasteiger partial charge in [0.15, 0.2) is 0 Å². The number of rotatable bonds is 3. The number of hydrogen-bond donors (Lipinski definition) is 1. The van der Waals surface area contributed by atoms with E-state index in [-0.39, 0.29) is 5.91 Å². The molecule has 0 saturated carbocycles. The monoisotopic (exact) mass is 352 g/mol. The summed E-state index contributed by atoms with van der Waals surface area (Å²) in [7, 11) is 2.00. The van der Waals surface area contributed by atoms with Crippen molar-refractivity contribution in [3.8, 4) is 5.00 Å². The second-order valence-electron chi connectivity index (χ2n) is 5.87. The van der Waals surface area contributed by atoms with E-state index in [1.54, 1.807) is 0 Å². The topological polar surface area (TPSA) is 77.6 Å². The molecule has 3 heterocycles. The number of carbonyl (C=O) groups is 1. The number of amides is 1. The minimum absolute atomic E-state index is 0.164. The number of nitrogens with one attached hydrogen (secondary N) is 1. The lowest BCUT2D eigenvalue weighted by Gasteiger charge is -2.08. The molecule has 4 rings (SSSR count). The number of nitrogens with zero attached hydrogens (tertiary/aromatic N) is 5. The zero-order chi connectivity index (χ0) is 17.6. The first-order valence-corrected chi connectivity index (χ1v) is 8.56. The van der Waals surface area contributed by atoms with E-state index < -0.39 is 0 Å². The molecule has 0 bridgehead atoms. The Hall–Kier alpha value is -3.00. The Kier molecular flexibility index (Phi) is 3.61. The fraction of sp³-hybridized carbons (Fsp3) is 0.176. The maximum Gasteiger partial charge on any atom is 0.259 e. The normalized spacial score (nSPS) is 11.2. The van der Waals surface area contributed by atoms with Gasteiger partial charge in [0, 0.05) is 34.7 Å². The number of benzene rings is 1. The molecule has 0 spiro atoms. The molecule has 0 saturated heterocycles. The van der Waals surface area contributed by atoms with Crippen molar-refractivity contribution in [2.75, 3.05) is 5.32 Å². The molecule has 0 aliphatic rings. The Morgan fingerprint density at radius 1 is 1.24 bits per heavy atom. The maximum atomic E-state index is 12.9. The molecule has 7 nitrogen and oxygen atoms in total. The molecule has 1 aromatic carbocycles. The van der Waals surface area contributed by atoms with Gasteiger partial charge in [0.2, 0.25) is 0 Å². The van der Waals surface area contributed by atoms with Gasteiger partial charge in [-0.25, -0.2) is 0 Å². The standard InChI is InChI=1S/C17H16N6OS/c1-10-11(2)25-17(23-9-18-20-21-23)15(10)16(24)19-13-4-5-14-12(8-13)6-7-22(14)3/h4-9H,1-3H3,(H,19,24). The summed E-state index contributed by atoms with van der Waals surface area (Å²) >= 11 is 1.50. The molecule has 0 aliphatic heterocycles. The number of anilines is 1. The Labute approximate surface area is 147 Å². The summed E-state index contributed by atoms with van der Waals surface area (Å²) in [6.45, 7) is 3.93. The highest BCUT2D eigenvalue weighted by Crippen LogP contribution is 2.31. The predicted octanol–water partition coefficient (Wildman–Crippen LogP) is 3.08. The highest BCUT2D eigenvalue weighted by Gasteiger charge is 2.21. The molecule has 4 aromatic rings. The van der Waals surface area contributed by atoms with E-state index in [0.29, 0.717) is 5.56 Å². The second kappa shape index (κ2) is 5.82. The summed E-state index contributed by atoms with van der Waals surface area (Å²) < 4.78 is 3.57. The van der Waals surface area contributed by atoms with E-state index in [1.807, 2.05) is 55.9 Å². The SMILES string of the molecule is Cc1sc(-n2cnnn2)c(C(=O)Nc2ccc3c(ccn3C)c2)c1C. The number of tetrazole rings is 1. The van der Waals surface area contributed by atoms with Crippen molar-refractivity contribution in [1.29, 1.82) is 0 Å². The van der Waals surface area contributed by atoms with Crippen LogP contribution in [0.3, 0.4) is 0 Å². The van der Waals surface area contributed by atoms with Gasteiger partial charge in [0.1, 0.15) is 11.3 Å². The number of hydrogen-bond acceptors (Lipinski definition) is 5. The lowest BCUT2D eigenvalue weighted by molar-refractivity contribution is 0.102. The Morgan fingerprint density at radius 2 is 2.08 bits per heavy atom. The molecule has 0 fully saturated rings. The van der Waals surface area contributed by atoms with Crippen LogP contribution in [0.4, 0.5) is 5.69 Å². The van der Waals surface area contributed by atoms with E-state index in [4.69, 9.17) is 0 Å². The first-order valence-electron chi connectivity index (χ1n) is 7.74. The van der Waals surface area contributed by atoms with Crippen LogP contribution in [0.25, 0.3) is 15.9 Å². The van der Waals surface area contributed by atoms with Crippen LogP contribution in [0.1, 0.15) is 20.8 Å². The highest BCUT2D eigenvalue weighted by atomic mass is 32.1. The highest BCUT2D eigenvalue weighted by molar-refractivity contribution is 7.15. The minimum Gasteiger partial charge on any atom is -0.351 e. The number of thiophene rings is 1. The Morgan fingerprint density at radius 3 is 2.84 bits per heavy atom. The maximum absolute atomic E-state index is 12.9. The number of aryl methyl sites for hydroxylation is 2. The smallest absolute Gasteiger partial charge is 0.259 e. The first kappa shape index (κ1) is 15.5. The van der Waals surface area contributed by atoms with Crippen LogP contribution < -0.4 is 5.32 Å². The van der Waals surface area contributed by atoms with Crippen LogP contribution >= 0.6 is 11.3 Å². The fourth-order valence-corrected chi connectivity index (χ4v) is 3.92. The van der Waals surface area contributed by atoms with E-state index in [0.717, 1.165) is 32.0 Å². The Balaban J connectivity index is 1.71. The zero-order valence-electron chi connectivity index (χ0n) is 14.0. The first-order chi connectivity index (χ1) is 12.0. The van der Waals surface area contributed by atoms with Gasteiger partial charge in [0.05, 0.1) is 5.56 Å². The van der Waals surface area contributed by atoms with Gasteiger partial charge in [-0.3, -0.25) is 4.79 Å². The molecule has 3 aromatic heterocycles. The zero-order valence-corrected chi connectivity index (χ0v) is 14.8. The summed E-state index contributed by atoms with van der Waals surface area (Å²) in [5, 5.41) is 16.0. The fourth-order valence-electron chi connectivity index (χ4n) is 2.85. The average Bonchev–Trinajstić information content (AvgIpc) is 3.29. The van der Waals surface area contributed by atoms with Crippen LogP contribution in [0.15, 0.2) is 36.8 Å². The van der Waals surface area contributed by atoms with Gasteiger partial charge < -0.3 is 9.88 Å². The van der Waals surface area contributed by atoms with Crippen molar-refractivity contribution in [3.05, 3.63) is 52.8 Å². The van der Waals surface area contributed by atoms with Crippen molar-refractivity contribution in [3.63, 3.8) is 0 Å². The number of aromatic nitrogens is 5. The Bertz CT molecular complexity index is 1080. The second-order valence-corrected chi connectivity index (χ2v) is 7.08. The van der Waals surface area contributed by atoms with Crippen molar-refractivity contribution in [1.82, 2.24) is 24.8 Å². The van der Waals surface area contributed by atoms with Gasteiger partial charge >= 0.3 is 0 Å². The lowest BCUT2D eigenvalue weighted by Crippen LogP contribution is -2.15. The quantitative estimate of drug-likeness (QED) is 0.615. The average molecular weight is 352 g/mol. The molecule has 25 heavy (non-hydrogen) atoms. The van der Waals surface area contributed by atoms with E-state index in [9.17, 15) is 4.79 Å². The van der Waals surface area contributed by atoms with Gasteiger partial charge in [-0.05, 0) is 54.1 Å². The molecule has 1 amide bonds. The molecular weight excluding hydrogens is 336 g/mol. The molecule has 0 radical (unpaired) electrons. The predicted molar refractivity (Wildman–Crippen MR) is 97.4 cm³/mol. The third-order valence-electron chi connectivity index (χ3n) is 4.29. The molecule has 8 heteroatoms. The van der Waals surface area contributed by atoms with Crippen molar-refractivity contribution >= 4 is 33.8 Å². The summed E-state index contributed by atoms with van der Waals surface area (Å²) in [5.41, 5.74) is 3.42. The minimum atomic E-state index is -0.164. The van der Waals surface area contributed by atoms with Crippen LogP contribution in [-0.4, -0.2) is 30.7 Å². The molecule has 126 valence electrons. The molecule has 1 N–H and O–H groups in total. The van der Waals surface area contributed by atoms with Gasteiger partial charge in [-0.15, -0.1) is 16.4 Å². The number of fused-ring (bicyclic) bond motifs is 1. The van der Waals surface area contributed by atoms with Gasteiger partial charge in [-0.2, -0.15) is 4.68 Å². The van der Waals surface area contributed by atoms with Crippen LogP contribution in [0.2, 0.25) is 0 Å².